The zero-order valence-corrected chi connectivity index (χ0v) is 14.3. The lowest BCUT2D eigenvalue weighted by Gasteiger charge is -2.56. The van der Waals surface area contributed by atoms with Gasteiger partial charge in [0.25, 0.3) is 0 Å². The fraction of sp³-hybridized carbons (Fsp3) is 0.889. The van der Waals surface area contributed by atoms with E-state index in [-0.39, 0.29) is 23.8 Å². The molecular weight excluding hydrogens is 290 g/mol. The van der Waals surface area contributed by atoms with Crippen LogP contribution in [0.1, 0.15) is 51.9 Å². The summed E-state index contributed by atoms with van der Waals surface area (Å²) in [5.74, 6) is 2.56. The van der Waals surface area contributed by atoms with Gasteiger partial charge in [-0.3, -0.25) is 9.59 Å². The van der Waals surface area contributed by atoms with Crippen LogP contribution in [0.25, 0.3) is 0 Å². The maximum absolute atomic E-state index is 12.3. The van der Waals surface area contributed by atoms with Crippen molar-refractivity contribution >= 4 is 11.8 Å². The molecule has 4 rings (SSSR count). The van der Waals surface area contributed by atoms with E-state index in [2.05, 4.69) is 16.0 Å². The quantitative estimate of drug-likeness (QED) is 0.592. The van der Waals surface area contributed by atoms with Crippen molar-refractivity contribution in [2.24, 2.45) is 23.2 Å². The van der Waals surface area contributed by atoms with Crippen LogP contribution in [-0.2, 0) is 9.59 Å². The van der Waals surface area contributed by atoms with Gasteiger partial charge in [0.05, 0.1) is 6.54 Å². The number of hydrogen-bond donors (Lipinski definition) is 3. The molecule has 0 aliphatic heterocycles. The van der Waals surface area contributed by atoms with Gasteiger partial charge in [-0.15, -0.1) is 0 Å². The molecule has 4 aliphatic carbocycles. The summed E-state index contributed by atoms with van der Waals surface area (Å²) in [6.45, 7) is 4.42. The Kier molecular flexibility index (Phi) is 5.24. The van der Waals surface area contributed by atoms with Crippen LogP contribution in [0.4, 0.5) is 0 Å². The fourth-order valence-electron chi connectivity index (χ4n) is 5.62. The maximum atomic E-state index is 12.3. The molecule has 23 heavy (non-hydrogen) atoms. The molecule has 5 nitrogen and oxygen atoms in total. The molecule has 0 atom stereocenters. The number of carbonyl (C=O) groups excluding carboxylic acids is 2. The van der Waals surface area contributed by atoms with Crippen LogP contribution in [0.5, 0.6) is 0 Å². The molecule has 0 heterocycles. The van der Waals surface area contributed by atoms with Crippen LogP contribution in [0, 0.1) is 23.2 Å². The minimum absolute atomic E-state index is 0.0637. The molecule has 5 heteroatoms. The minimum atomic E-state index is -0.0956. The highest BCUT2D eigenvalue weighted by Crippen LogP contribution is 2.61. The zero-order valence-electron chi connectivity index (χ0n) is 14.3. The Morgan fingerprint density at radius 1 is 0.913 bits per heavy atom. The topological polar surface area (TPSA) is 70.2 Å². The second-order valence-electron chi connectivity index (χ2n) is 8.07. The third kappa shape index (κ3) is 4.25. The molecule has 4 bridgehead atoms. The van der Waals surface area contributed by atoms with Gasteiger partial charge in [-0.25, -0.2) is 0 Å². The summed E-state index contributed by atoms with van der Waals surface area (Å²) in [6.07, 6.45) is 8.53. The van der Waals surface area contributed by atoms with E-state index >= 15 is 0 Å². The molecule has 4 aliphatic rings. The van der Waals surface area contributed by atoms with Crippen molar-refractivity contribution in [1.82, 2.24) is 16.0 Å². The monoisotopic (exact) mass is 321 g/mol. The van der Waals surface area contributed by atoms with E-state index in [4.69, 9.17) is 0 Å². The van der Waals surface area contributed by atoms with Crippen LogP contribution >= 0.6 is 0 Å². The van der Waals surface area contributed by atoms with Crippen molar-refractivity contribution < 1.29 is 9.59 Å². The minimum Gasteiger partial charge on any atom is -0.353 e. The number of likely N-dealkylation sites (N-methyl/N-ethyl adjacent to an activating group) is 1. The zero-order chi connectivity index (χ0) is 16.3. The van der Waals surface area contributed by atoms with Crippen LogP contribution < -0.4 is 16.0 Å². The summed E-state index contributed by atoms with van der Waals surface area (Å²) in [5.41, 5.74) is 0.250. The molecule has 3 N–H and O–H groups in total. The highest BCUT2D eigenvalue weighted by Gasteiger charge is 2.51. The van der Waals surface area contributed by atoms with Crippen LogP contribution in [0.15, 0.2) is 0 Å². The fourth-order valence-corrected chi connectivity index (χ4v) is 5.62. The van der Waals surface area contributed by atoms with E-state index in [1.807, 2.05) is 6.92 Å². The molecule has 0 aromatic heterocycles. The number of carbonyl (C=O) groups is 2. The summed E-state index contributed by atoms with van der Waals surface area (Å²) in [5, 5.41) is 8.80. The van der Waals surface area contributed by atoms with Crippen molar-refractivity contribution in [3.05, 3.63) is 0 Å². The third-order valence-corrected chi connectivity index (χ3v) is 6.02. The lowest BCUT2D eigenvalue weighted by atomic mass is 9.49. The third-order valence-electron chi connectivity index (χ3n) is 6.02. The molecule has 4 fully saturated rings. The second-order valence-corrected chi connectivity index (χ2v) is 8.07. The summed E-state index contributed by atoms with van der Waals surface area (Å²) in [6, 6.07) is 0. The Labute approximate surface area is 139 Å². The van der Waals surface area contributed by atoms with E-state index in [1.165, 1.54) is 38.5 Å². The number of hydrogen-bond acceptors (Lipinski definition) is 3. The Hall–Kier alpha value is -1.10. The molecule has 130 valence electrons. The van der Waals surface area contributed by atoms with Crippen molar-refractivity contribution in [1.29, 1.82) is 0 Å². The Morgan fingerprint density at radius 2 is 1.52 bits per heavy atom. The lowest BCUT2D eigenvalue weighted by molar-refractivity contribution is -0.131. The maximum Gasteiger partial charge on any atom is 0.239 e. The summed E-state index contributed by atoms with van der Waals surface area (Å²) >= 11 is 0. The van der Waals surface area contributed by atoms with Gasteiger partial charge in [0.2, 0.25) is 11.8 Å². The van der Waals surface area contributed by atoms with Gasteiger partial charge < -0.3 is 16.0 Å². The first-order chi connectivity index (χ1) is 11.1. The predicted molar refractivity (Wildman–Crippen MR) is 89.8 cm³/mol. The number of amides is 2. The molecule has 2 amide bonds. The van der Waals surface area contributed by atoms with Crippen molar-refractivity contribution in [3.63, 3.8) is 0 Å². The molecular formula is C18H31N3O2. The van der Waals surface area contributed by atoms with Gasteiger partial charge in [-0.05, 0) is 68.2 Å². The summed E-state index contributed by atoms with van der Waals surface area (Å²) in [4.78, 5) is 24.0. The van der Waals surface area contributed by atoms with Crippen molar-refractivity contribution in [3.8, 4) is 0 Å². The average molecular weight is 321 g/mol. The van der Waals surface area contributed by atoms with E-state index in [9.17, 15) is 9.59 Å². The van der Waals surface area contributed by atoms with Crippen LogP contribution in [0.2, 0.25) is 0 Å². The molecule has 0 spiro atoms. The molecule has 0 aromatic carbocycles. The lowest BCUT2D eigenvalue weighted by Crippen LogP contribution is -2.48. The van der Waals surface area contributed by atoms with Gasteiger partial charge in [-0.2, -0.15) is 0 Å². The number of rotatable bonds is 8. The van der Waals surface area contributed by atoms with Gasteiger partial charge in [0, 0.05) is 19.5 Å². The first kappa shape index (κ1) is 16.7. The molecule has 0 aromatic rings. The van der Waals surface area contributed by atoms with Crippen LogP contribution in [0.3, 0.4) is 0 Å². The van der Waals surface area contributed by atoms with Gasteiger partial charge in [0.1, 0.15) is 0 Å². The molecule has 0 unspecified atom stereocenters. The summed E-state index contributed by atoms with van der Waals surface area (Å²) < 4.78 is 0. The first-order valence-corrected chi connectivity index (χ1v) is 9.33. The Balaban J connectivity index is 1.39. The van der Waals surface area contributed by atoms with E-state index in [0.29, 0.717) is 13.0 Å². The van der Waals surface area contributed by atoms with Crippen molar-refractivity contribution in [2.75, 3.05) is 26.2 Å². The highest BCUT2D eigenvalue weighted by atomic mass is 16.2. The average Bonchev–Trinajstić information content (AvgIpc) is 2.48. The van der Waals surface area contributed by atoms with E-state index in [0.717, 1.165) is 30.8 Å². The van der Waals surface area contributed by atoms with E-state index < -0.39 is 0 Å². The molecule has 4 saturated carbocycles. The van der Waals surface area contributed by atoms with E-state index in [1.54, 1.807) is 0 Å². The normalized spacial score (nSPS) is 34.4. The Morgan fingerprint density at radius 3 is 2.09 bits per heavy atom. The van der Waals surface area contributed by atoms with Gasteiger partial charge >= 0.3 is 0 Å². The number of nitrogens with one attached hydrogen (secondary N) is 3. The Bertz CT molecular complexity index is 414. The SMILES string of the molecule is CCNCCNC(=O)CNC(=O)CC12CC3CC(CC(C3)C1)C2. The standard InChI is InChI=1S/C18H31N3O2/c1-2-19-3-4-20-17(23)12-21-16(22)11-18-8-13-5-14(9-18)7-15(6-13)10-18/h13-15,19H,2-12H2,1H3,(H,20,23)(H,21,22). The van der Waals surface area contributed by atoms with Crippen molar-refractivity contribution in [2.45, 2.75) is 51.9 Å². The summed E-state index contributed by atoms with van der Waals surface area (Å²) in [7, 11) is 0. The van der Waals surface area contributed by atoms with Crippen LogP contribution in [-0.4, -0.2) is 38.0 Å². The second kappa shape index (κ2) is 7.20. The smallest absolute Gasteiger partial charge is 0.239 e. The first-order valence-electron chi connectivity index (χ1n) is 9.33. The predicted octanol–water partition coefficient (Wildman–Crippen LogP) is 1.43. The molecule has 0 saturated heterocycles. The molecule has 0 radical (unpaired) electrons. The largest absolute Gasteiger partial charge is 0.353 e. The highest BCUT2D eigenvalue weighted by molar-refractivity contribution is 5.84. The van der Waals surface area contributed by atoms with Gasteiger partial charge in [0.15, 0.2) is 0 Å². The van der Waals surface area contributed by atoms with Gasteiger partial charge in [-0.1, -0.05) is 6.92 Å².